The van der Waals surface area contributed by atoms with E-state index in [1.807, 2.05) is 0 Å². The Morgan fingerprint density at radius 2 is 1.82 bits per heavy atom. The molecule has 1 N–H and O–H groups in total. The summed E-state index contributed by atoms with van der Waals surface area (Å²) < 4.78 is 12.8. The van der Waals surface area contributed by atoms with Crippen LogP contribution in [0, 0.1) is 16.7 Å². The van der Waals surface area contributed by atoms with Crippen molar-refractivity contribution < 1.29 is 23.8 Å². The van der Waals surface area contributed by atoms with Gasteiger partial charge in [-0.1, -0.05) is 32.0 Å². The monoisotopic (exact) mass is 320 g/mol. The number of rotatable bonds is 3. The zero-order valence-corrected chi connectivity index (χ0v) is 13.3. The molecule has 3 atom stereocenters. The minimum Gasteiger partial charge on any atom is -0.336 e. The van der Waals surface area contributed by atoms with Crippen LogP contribution < -0.4 is 5.30 Å². The summed E-state index contributed by atoms with van der Waals surface area (Å²) in [5.74, 6) is -1.89. The maximum atomic E-state index is 12.9. The highest BCUT2D eigenvalue weighted by atomic mass is 31.2. The minimum atomic E-state index is -4.40. The van der Waals surface area contributed by atoms with Gasteiger partial charge in [0, 0.05) is 11.2 Å². The first kappa shape index (κ1) is 15.3. The lowest BCUT2D eigenvalue weighted by Crippen LogP contribution is -2.45. The van der Waals surface area contributed by atoms with E-state index in [4.69, 9.17) is 0 Å². The number of ketones is 2. The Morgan fingerprint density at radius 1 is 1.23 bits per heavy atom. The van der Waals surface area contributed by atoms with Crippen LogP contribution in [0.5, 0.6) is 0 Å². The molecule has 0 aliphatic heterocycles. The van der Waals surface area contributed by atoms with Gasteiger partial charge in [-0.05, 0) is 30.4 Å². The number of fused-ring (bicyclic) bond motifs is 2. The number of carbonyl (C=O) groups excluding carboxylic acids is 3. The molecule has 1 aromatic carbocycles. The van der Waals surface area contributed by atoms with Crippen molar-refractivity contribution in [1.82, 2.24) is 0 Å². The molecule has 0 heterocycles. The van der Waals surface area contributed by atoms with Gasteiger partial charge in [0.1, 0.15) is 5.41 Å². The molecule has 0 radical (unpaired) electrons. The van der Waals surface area contributed by atoms with Gasteiger partial charge >= 0.3 is 0 Å². The molecule has 1 aromatic rings. The van der Waals surface area contributed by atoms with E-state index in [1.54, 1.807) is 32.0 Å². The Balaban J connectivity index is 2.15. The zero-order valence-electron chi connectivity index (χ0n) is 12.4. The number of hydrogen-bond acceptors (Lipinski definition) is 4. The van der Waals surface area contributed by atoms with Crippen LogP contribution in [0.1, 0.15) is 26.7 Å². The highest BCUT2D eigenvalue weighted by molar-refractivity contribution is 7.82. The molecule has 0 spiro atoms. The van der Waals surface area contributed by atoms with E-state index < -0.39 is 41.2 Å². The summed E-state index contributed by atoms with van der Waals surface area (Å²) >= 11 is 0. The Kier molecular flexibility index (Phi) is 3.11. The first-order valence-corrected chi connectivity index (χ1v) is 8.85. The van der Waals surface area contributed by atoms with Crippen molar-refractivity contribution in [1.29, 1.82) is 0 Å². The molecule has 2 saturated carbocycles. The van der Waals surface area contributed by atoms with Crippen molar-refractivity contribution >= 4 is 29.8 Å². The van der Waals surface area contributed by atoms with E-state index in [9.17, 15) is 23.8 Å². The van der Waals surface area contributed by atoms with E-state index in [-0.39, 0.29) is 11.7 Å². The predicted octanol–water partition coefficient (Wildman–Crippen LogP) is 1.68. The molecule has 0 amide bonds. The molecule has 3 rings (SSSR count). The van der Waals surface area contributed by atoms with Crippen molar-refractivity contribution in [2.75, 3.05) is 0 Å². The van der Waals surface area contributed by atoms with Crippen molar-refractivity contribution in [3.63, 3.8) is 0 Å². The number of Topliss-reactive ketones (excluding diaryl/α,β-unsaturated/α-hetero) is 2. The van der Waals surface area contributed by atoms with Crippen LogP contribution in [0.4, 0.5) is 0 Å². The van der Waals surface area contributed by atoms with Gasteiger partial charge in [0.25, 0.3) is 7.37 Å². The quantitative estimate of drug-likeness (QED) is 0.520. The molecule has 6 heteroatoms. The van der Waals surface area contributed by atoms with Crippen LogP contribution in [0.25, 0.3) is 0 Å². The smallest absolute Gasteiger partial charge is 0.294 e. The van der Waals surface area contributed by atoms with Crippen LogP contribution in [0.3, 0.4) is 0 Å². The maximum Gasteiger partial charge on any atom is 0.294 e. The fourth-order valence-corrected chi connectivity index (χ4v) is 5.89. The Bertz CT molecular complexity index is 736. The van der Waals surface area contributed by atoms with Crippen LogP contribution >= 0.6 is 7.37 Å². The summed E-state index contributed by atoms with van der Waals surface area (Å²) in [6, 6.07) is 7.60. The fraction of sp³-hybridized carbons (Fsp3) is 0.438. The van der Waals surface area contributed by atoms with Crippen LogP contribution in [-0.2, 0) is 18.9 Å². The third-order valence-corrected chi connectivity index (χ3v) is 7.38. The fourth-order valence-electron chi connectivity index (χ4n) is 4.06. The molecule has 0 saturated heterocycles. The lowest BCUT2D eigenvalue weighted by molar-refractivity contribution is -0.145. The summed E-state index contributed by atoms with van der Waals surface area (Å²) in [5.41, 5.74) is -3.56. The summed E-state index contributed by atoms with van der Waals surface area (Å²) in [6.45, 7) is 3.35. The van der Waals surface area contributed by atoms with Gasteiger partial charge in [-0.15, -0.1) is 0 Å². The van der Waals surface area contributed by atoms with Crippen molar-refractivity contribution in [2.45, 2.75) is 26.7 Å². The second kappa shape index (κ2) is 4.46. The van der Waals surface area contributed by atoms with Gasteiger partial charge in [0.05, 0.1) is 0 Å². The van der Waals surface area contributed by atoms with Crippen LogP contribution in [0.2, 0.25) is 0 Å². The standard InChI is InChI=1S/C16H17O5P/c1-15(2)11-8-9-16(15,13(18)12(11)17)14(19)22(20,21)10-6-4-3-5-7-10/h3-7,11H,8-9H2,1-2H3,(H,20,21). The largest absolute Gasteiger partial charge is 0.336 e. The highest BCUT2D eigenvalue weighted by Crippen LogP contribution is 2.67. The van der Waals surface area contributed by atoms with E-state index in [0.717, 1.165) is 0 Å². The molecule has 3 unspecified atom stereocenters. The van der Waals surface area contributed by atoms with Gasteiger partial charge in [-0.25, -0.2) is 0 Å². The number of benzene rings is 1. The maximum absolute atomic E-state index is 12.9. The third-order valence-electron chi connectivity index (χ3n) is 5.45. The second-order valence-corrected chi connectivity index (χ2v) is 8.70. The Hall–Kier alpha value is -1.58. The van der Waals surface area contributed by atoms with E-state index in [2.05, 4.69) is 0 Å². The summed E-state index contributed by atoms with van der Waals surface area (Å²) in [7, 11) is -4.40. The van der Waals surface area contributed by atoms with Gasteiger partial charge in [-0.3, -0.25) is 18.9 Å². The number of hydrogen-bond donors (Lipinski definition) is 1. The molecule has 2 bridgehead atoms. The Labute approximate surface area is 128 Å². The predicted molar refractivity (Wildman–Crippen MR) is 79.9 cm³/mol. The molecule has 2 fully saturated rings. The SMILES string of the molecule is CC1(C)C2CCC1(C(=O)P(=O)(O)c1ccccc1)C(=O)C2=O. The first-order chi connectivity index (χ1) is 10.2. The minimum absolute atomic E-state index is 0.000717. The topological polar surface area (TPSA) is 88.5 Å². The number of carbonyl (C=O) groups is 3. The molecular formula is C16H17O5P. The third kappa shape index (κ3) is 1.58. The summed E-state index contributed by atoms with van der Waals surface area (Å²) in [4.78, 5) is 47.8. The van der Waals surface area contributed by atoms with E-state index in [0.29, 0.717) is 6.42 Å². The van der Waals surface area contributed by atoms with Gasteiger partial charge < -0.3 is 4.89 Å². The van der Waals surface area contributed by atoms with Crippen molar-refractivity contribution in [3.05, 3.63) is 30.3 Å². The molecular weight excluding hydrogens is 303 g/mol. The van der Waals surface area contributed by atoms with Gasteiger partial charge in [0.2, 0.25) is 17.1 Å². The second-order valence-electron chi connectivity index (χ2n) is 6.63. The summed E-state index contributed by atoms with van der Waals surface area (Å²) in [5, 5.41) is 0.000717. The Morgan fingerprint density at radius 3 is 2.32 bits per heavy atom. The lowest BCUT2D eigenvalue weighted by Gasteiger charge is -2.34. The first-order valence-electron chi connectivity index (χ1n) is 7.19. The molecule has 5 nitrogen and oxygen atoms in total. The van der Waals surface area contributed by atoms with Gasteiger partial charge in [-0.2, -0.15) is 0 Å². The van der Waals surface area contributed by atoms with Crippen LogP contribution in [-0.4, -0.2) is 22.0 Å². The molecule has 116 valence electrons. The van der Waals surface area contributed by atoms with Gasteiger partial charge in [0.15, 0.2) is 0 Å². The molecule has 0 aromatic heterocycles. The summed E-state index contributed by atoms with van der Waals surface area (Å²) in [6.07, 6.45) is 0.587. The molecule has 22 heavy (non-hydrogen) atoms. The molecule has 2 aliphatic rings. The molecule has 2 aliphatic carbocycles. The van der Waals surface area contributed by atoms with Crippen molar-refractivity contribution in [2.24, 2.45) is 16.7 Å². The van der Waals surface area contributed by atoms with Crippen molar-refractivity contribution in [3.8, 4) is 0 Å². The average Bonchev–Trinajstić information content (AvgIpc) is 2.83. The van der Waals surface area contributed by atoms with Crippen LogP contribution in [0.15, 0.2) is 30.3 Å². The lowest BCUT2D eigenvalue weighted by atomic mass is 9.70. The highest BCUT2D eigenvalue weighted by Gasteiger charge is 2.74. The average molecular weight is 320 g/mol. The van der Waals surface area contributed by atoms with E-state index in [1.165, 1.54) is 12.1 Å². The normalized spacial score (nSPS) is 32.0. The van der Waals surface area contributed by atoms with E-state index >= 15 is 0 Å². The zero-order chi connectivity index (χ0) is 16.3.